The lowest BCUT2D eigenvalue weighted by Crippen LogP contribution is -1.94. The molecule has 2 aromatic carbocycles. The van der Waals surface area contributed by atoms with Crippen LogP contribution in [0.25, 0.3) is 11.3 Å². The fourth-order valence-electron chi connectivity index (χ4n) is 3.87. The van der Waals surface area contributed by atoms with Crippen molar-refractivity contribution in [3.63, 3.8) is 0 Å². The van der Waals surface area contributed by atoms with Crippen LogP contribution in [0.2, 0.25) is 0 Å². The first-order chi connectivity index (χ1) is 14.0. The zero-order chi connectivity index (χ0) is 20.6. The van der Waals surface area contributed by atoms with Crippen LogP contribution < -0.4 is 0 Å². The Morgan fingerprint density at radius 2 is 1.55 bits per heavy atom. The van der Waals surface area contributed by atoms with Crippen LogP contribution in [-0.4, -0.2) is 9.97 Å². The minimum atomic E-state index is 0.682. The van der Waals surface area contributed by atoms with Crippen LogP contribution in [0.5, 0.6) is 0 Å². The van der Waals surface area contributed by atoms with Crippen molar-refractivity contribution in [3.05, 3.63) is 76.7 Å². The van der Waals surface area contributed by atoms with E-state index in [2.05, 4.69) is 81.2 Å². The molecule has 0 aliphatic rings. The highest BCUT2D eigenvalue weighted by molar-refractivity contribution is 5.62. The molecule has 0 unspecified atom stereocenters. The number of unbranched alkanes of at least 4 members (excludes halogenated alkanes) is 3. The summed E-state index contributed by atoms with van der Waals surface area (Å²) >= 11 is 0. The van der Waals surface area contributed by atoms with Gasteiger partial charge in [-0.1, -0.05) is 94.1 Å². The van der Waals surface area contributed by atoms with Gasteiger partial charge < -0.3 is 4.98 Å². The second-order valence-electron chi connectivity index (χ2n) is 8.78. The molecule has 0 aliphatic carbocycles. The van der Waals surface area contributed by atoms with E-state index >= 15 is 0 Å². The third-order valence-electron chi connectivity index (χ3n) is 5.47. The van der Waals surface area contributed by atoms with Crippen molar-refractivity contribution in [2.75, 3.05) is 0 Å². The van der Waals surface area contributed by atoms with E-state index in [4.69, 9.17) is 4.98 Å². The second kappa shape index (κ2) is 10.4. The Hall–Kier alpha value is -2.35. The molecule has 3 rings (SSSR count). The SMILES string of the molecule is CCCCCCc1[nH]c(Cc2ccc(C)cc2)nc1-c1ccc(CC(C)C)cc1. The zero-order valence-corrected chi connectivity index (χ0v) is 18.6. The normalized spacial score (nSPS) is 11.3. The molecule has 0 saturated carbocycles. The summed E-state index contributed by atoms with van der Waals surface area (Å²) in [7, 11) is 0. The summed E-state index contributed by atoms with van der Waals surface area (Å²) in [5.74, 6) is 1.75. The number of hydrogen-bond acceptors (Lipinski definition) is 1. The number of aromatic amines is 1. The van der Waals surface area contributed by atoms with Gasteiger partial charge in [-0.25, -0.2) is 4.98 Å². The summed E-state index contributed by atoms with van der Waals surface area (Å²) in [4.78, 5) is 8.69. The summed E-state index contributed by atoms with van der Waals surface area (Å²) in [6.45, 7) is 8.94. The number of nitrogens with one attached hydrogen (secondary N) is 1. The third-order valence-corrected chi connectivity index (χ3v) is 5.47. The maximum atomic E-state index is 5.03. The molecule has 0 bridgehead atoms. The van der Waals surface area contributed by atoms with Gasteiger partial charge in [0.05, 0.1) is 5.69 Å². The molecule has 0 aliphatic heterocycles. The average Bonchev–Trinajstić information content (AvgIpc) is 3.10. The minimum absolute atomic E-state index is 0.682. The fraction of sp³-hybridized carbons (Fsp3) is 0.444. The van der Waals surface area contributed by atoms with E-state index in [1.54, 1.807) is 0 Å². The first kappa shape index (κ1) is 21.4. The summed E-state index contributed by atoms with van der Waals surface area (Å²) in [5.41, 5.74) is 7.67. The number of benzene rings is 2. The Kier molecular flexibility index (Phi) is 7.69. The smallest absolute Gasteiger partial charge is 0.111 e. The van der Waals surface area contributed by atoms with Gasteiger partial charge in [0, 0.05) is 17.7 Å². The molecule has 154 valence electrons. The zero-order valence-electron chi connectivity index (χ0n) is 18.6. The molecule has 1 aromatic heterocycles. The van der Waals surface area contributed by atoms with E-state index in [0.717, 1.165) is 30.8 Å². The number of aryl methyl sites for hydroxylation is 2. The standard InChI is InChI=1S/C27H36N2/c1-5-6-7-8-9-25-27(24-16-14-22(15-17-24)18-20(2)3)29-26(28-25)19-23-12-10-21(4)11-13-23/h10-17,20H,5-9,18-19H2,1-4H3,(H,28,29). The summed E-state index contributed by atoms with van der Waals surface area (Å²) in [5, 5.41) is 0. The number of imidazole rings is 1. The van der Waals surface area contributed by atoms with E-state index < -0.39 is 0 Å². The van der Waals surface area contributed by atoms with Gasteiger partial charge in [-0.15, -0.1) is 0 Å². The van der Waals surface area contributed by atoms with Gasteiger partial charge in [0.2, 0.25) is 0 Å². The van der Waals surface area contributed by atoms with Gasteiger partial charge in [0.1, 0.15) is 5.82 Å². The van der Waals surface area contributed by atoms with Gasteiger partial charge in [-0.05, 0) is 43.2 Å². The van der Waals surface area contributed by atoms with Crippen LogP contribution in [0.4, 0.5) is 0 Å². The van der Waals surface area contributed by atoms with E-state index in [0.29, 0.717) is 5.92 Å². The predicted octanol–water partition coefficient (Wildman–Crippen LogP) is 7.30. The Labute approximate surface area is 176 Å². The van der Waals surface area contributed by atoms with E-state index in [9.17, 15) is 0 Å². The number of hydrogen-bond donors (Lipinski definition) is 1. The quantitative estimate of drug-likeness (QED) is 0.363. The topological polar surface area (TPSA) is 28.7 Å². The van der Waals surface area contributed by atoms with Gasteiger partial charge >= 0.3 is 0 Å². The van der Waals surface area contributed by atoms with Crippen molar-refractivity contribution >= 4 is 0 Å². The lowest BCUT2D eigenvalue weighted by atomic mass is 10.00. The summed E-state index contributed by atoms with van der Waals surface area (Å²) in [6, 6.07) is 17.8. The summed E-state index contributed by atoms with van der Waals surface area (Å²) in [6.07, 6.45) is 8.14. The van der Waals surface area contributed by atoms with Crippen LogP contribution >= 0.6 is 0 Å². The number of aromatic nitrogens is 2. The lowest BCUT2D eigenvalue weighted by Gasteiger charge is -2.07. The van der Waals surface area contributed by atoms with Crippen LogP contribution in [0.1, 0.15) is 74.7 Å². The van der Waals surface area contributed by atoms with Crippen molar-refractivity contribution in [3.8, 4) is 11.3 Å². The minimum Gasteiger partial charge on any atom is -0.345 e. The molecule has 0 amide bonds. The van der Waals surface area contributed by atoms with Gasteiger partial charge in [0.25, 0.3) is 0 Å². The fourth-order valence-corrected chi connectivity index (χ4v) is 3.87. The highest BCUT2D eigenvalue weighted by Gasteiger charge is 2.13. The lowest BCUT2D eigenvalue weighted by molar-refractivity contribution is 0.647. The largest absolute Gasteiger partial charge is 0.345 e. The number of H-pyrrole nitrogens is 1. The first-order valence-electron chi connectivity index (χ1n) is 11.3. The van der Waals surface area contributed by atoms with Crippen LogP contribution in [0.15, 0.2) is 48.5 Å². The Balaban J connectivity index is 1.82. The molecule has 2 heteroatoms. The maximum absolute atomic E-state index is 5.03. The highest BCUT2D eigenvalue weighted by Crippen LogP contribution is 2.25. The van der Waals surface area contributed by atoms with Crippen LogP contribution in [0.3, 0.4) is 0 Å². The van der Waals surface area contributed by atoms with E-state index in [-0.39, 0.29) is 0 Å². The van der Waals surface area contributed by atoms with Crippen molar-refractivity contribution < 1.29 is 0 Å². The highest BCUT2D eigenvalue weighted by atomic mass is 14.9. The molecule has 0 saturated heterocycles. The van der Waals surface area contributed by atoms with E-state index in [1.165, 1.54) is 53.6 Å². The number of rotatable bonds is 10. The predicted molar refractivity (Wildman–Crippen MR) is 124 cm³/mol. The Bertz CT molecular complexity index is 870. The molecule has 1 heterocycles. The molecule has 0 atom stereocenters. The monoisotopic (exact) mass is 388 g/mol. The van der Waals surface area contributed by atoms with Gasteiger partial charge in [0.15, 0.2) is 0 Å². The average molecular weight is 389 g/mol. The maximum Gasteiger partial charge on any atom is 0.111 e. The van der Waals surface area contributed by atoms with Gasteiger partial charge in [-0.3, -0.25) is 0 Å². The molecule has 0 fully saturated rings. The third kappa shape index (κ3) is 6.32. The molecule has 1 N–H and O–H groups in total. The first-order valence-corrected chi connectivity index (χ1v) is 11.3. The molecule has 0 radical (unpaired) electrons. The Morgan fingerprint density at radius 1 is 0.862 bits per heavy atom. The Morgan fingerprint density at radius 3 is 2.21 bits per heavy atom. The van der Waals surface area contributed by atoms with Crippen LogP contribution in [0, 0.1) is 12.8 Å². The van der Waals surface area contributed by atoms with Gasteiger partial charge in [-0.2, -0.15) is 0 Å². The van der Waals surface area contributed by atoms with Crippen molar-refractivity contribution in [1.29, 1.82) is 0 Å². The van der Waals surface area contributed by atoms with E-state index in [1.807, 2.05) is 0 Å². The molecular weight excluding hydrogens is 352 g/mol. The molecular formula is C27H36N2. The second-order valence-corrected chi connectivity index (χ2v) is 8.78. The van der Waals surface area contributed by atoms with Crippen molar-refractivity contribution in [1.82, 2.24) is 9.97 Å². The molecule has 0 spiro atoms. The van der Waals surface area contributed by atoms with Crippen molar-refractivity contribution in [2.24, 2.45) is 5.92 Å². The summed E-state index contributed by atoms with van der Waals surface area (Å²) < 4.78 is 0. The molecule has 2 nitrogen and oxygen atoms in total. The van der Waals surface area contributed by atoms with Crippen molar-refractivity contribution in [2.45, 2.75) is 72.6 Å². The number of nitrogens with zero attached hydrogens (tertiary/aromatic N) is 1. The molecule has 3 aromatic rings. The van der Waals surface area contributed by atoms with Crippen LogP contribution in [-0.2, 0) is 19.3 Å². The molecule has 29 heavy (non-hydrogen) atoms.